The third kappa shape index (κ3) is 4.29. The molecule has 0 unspecified atom stereocenters. The highest BCUT2D eigenvalue weighted by atomic mass is 16.7. The number of likely N-dealkylation sites (N-methyl/N-ethyl adjacent to an activating group) is 1. The van der Waals surface area contributed by atoms with E-state index in [0.29, 0.717) is 49.7 Å². The number of nitrogens with zero attached hydrogens (tertiary/aromatic N) is 4. The smallest absolute Gasteiger partial charge is 0.327 e. The van der Waals surface area contributed by atoms with Gasteiger partial charge >= 0.3 is 6.03 Å². The van der Waals surface area contributed by atoms with E-state index >= 15 is 0 Å². The van der Waals surface area contributed by atoms with E-state index in [2.05, 4.69) is 9.88 Å². The summed E-state index contributed by atoms with van der Waals surface area (Å²) in [5, 5.41) is 0. The summed E-state index contributed by atoms with van der Waals surface area (Å²) in [6.07, 6.45) is 6.36. The fraction of sp³-hybridized carbons (Fsp3) is 0.500. The van der Waals surface area contributed by atoms with Crippen LogP contribution in [0.15, 0.2) is 36.7 Å². The summed E-state index contributed by atoms with van der Waals surface area (Å²) in [6, 6.07) is 7.73. The number of rotatable bonds is 8. The molecular formula is C26H32N4O5. The van der Waals surface area contributed by atoms with Crippen LogP contribution in [0.2, 0.25) is 0 Å². The Hall–Kier alpha value is -3.33. The van der Waals surface area contributed by atoms with Gasteiger partial charge < -0.3 is 19.1 Å². The van der Waals surface area contributed by atoms with Crippen molar-refractivity contribution in [1.82, 2.24) is 19.7 Å². The van der Waals surface area contributed by atoms with Crippen molar-refractivity contribution in [3.05, 3.63) is 47.8 Å². The van der Waals surface area contributed by atoms with Crippen molar-refractivity contribution < 1.29 is 23.8 Å². The number of hydrogen-bond donors (Lipinski definition) is 0. The van der Waals surface area contributed by atoms with Gasteiger partial charge in [0.25, 0.3) is 5.91 Å². The molecule has 35 heavy (non-hydrogen) atoms. The minimum absolute atomic E-state index is 0.0417. The van der Waals surface area contributed by atoms with Crippen molar-refractivity contribution in [3.63, 3.8) is 0 Å². The molecule has 5 rings (SSSR count). The van der Waals surface area contributed by atoms with E-state index in [0.717, 1.165) is 37.1 Å². The Morgan fingerprint density at radius 3 is 2.69 bits per heavy atom. The number of piperidine rings is 1. The number of ether oxygens (including phenoxy) is 3. The van der Waals surface area contributed by atoms with Gasteiger partial charge in [0.1, 0.15) is 5.54 Å². The summed E-state index contributed by atoms with van der Waals surface area (Å²) in [5.74, 6) is 1.97. The van der Waals surface area contributed by atoms with Gasteiger partial charge in [-0.1, -0.05) is 6.07 Å². The van der Waals surface area contributed by atoms with Gasteiger partial charge in [0, 0.05) is 45.1 Å². The Labute approximate surface area is 205 Å². The first-order valence-electron chi connectivity index (χ1n) is 12.3. The zero-order valence-electron chi connectivity index (χ0n) is 20.4. The topological polar surface area (TPSA) is 84.4 Å². The van der Waals surface area contributed by atoms with Crippen LogP contribution in [0.4, 0.5) is 4.79 Å². The van der Waals surface area contributed by atoms with Crippen molar-refractivity contribution in [2.75, 3.05) is 40.1 Å². The lowest BCUT2D eigenvalue weighted by Gasteiger charge is -2.42. The average Bonchev–Trinajstić information content (AvgIpc) is 3.43. The minimum Gasteiger partial charge on any atom is -0.493 e. The molecule has 9 heteroatoms. The predicted octanol–water partition coefficient (Wildman–Crippen LogP) is 3.07. The number of hydrogen-bond acceptors (Lipinski definition) is 7. The molecule has 1 aromatic carbocycles. The van der Waals surface area contributed by atoms with E-state index in [1.165, 1.54) is 4.90 Å². The van der Waals surface area contributed by atoms with Crippen LogP contribution in [-0.4, -0.2) is 77.2 Å². The molecule has 0 aliphatic carbocycles. The highest BCUT2D eigenvalue weighted by molar-refractivity contribution is 6.07. The molecule has 3 aliphatic heterocycles. The first kappa shape index (κ1) is 23.4. The van der Waals surface area contributed by atoms with Crippen LogP contribution < -0.4 is 14.2 Å². The van der Waals surface area contributed by atoms with Crippen LogP contribution in [0.1, 0.15) is 37.3 Å². The van der Waals surface area contributed by atoms with Gasteiger partial charge in [0.2, 0.25) is 12.5 Å². The zero-order chi connectivity index (χ0) is 24.4. The van der Waals surface area contributed by atoms with Crippen LogP contribution in [0, 0.1) is 0 Å². The summed E-state index contributed by atoms with van der Waals surface area (Å²) in [7, 11) is 1.62. The minimum atomic E-state index is -0.733. The third-order valence-electron chi connectivity index (χ3n) is 7.32. The van der Waals surface area contributed by atoms with E-state index in [9.17, 15) is 9.59 Å². The molecule has 0 bridgehead atoms. The molecule has 9 nitrogen and oxygen atoms in total. The van der Waals surface area contributed by atoms with E-state index in [4.69, 9.17) is 14.2 Å². The van der Waals surface area contributed by atoms with Crippen LogP contribution in [-0.2, 0) is 17.8 Å². The van der Waals surface area contributed by atoms with Gasteiger partial charge in [0.05, 0.1) is 7.11 Å². The quantitative estimate of drug-likeness (QED) is 0.537. The number of benzene rings is 1. The Kier molecular flexibility index (Phi) is 6.51. The normalized spacial score (nSPS) is 19.1. The fourth-order valence-corrected chi connectivity index (χ4v) is 5.50. The maximum absolute atomic E-state index is 13.6. The molecule has 0 atom stereocenters. The number of fused-ring (bicyclic) bond motifs is 1. The SMILES string of the molecule is CCN1C(=O)N(CCCc2cccnc2)C(=O)C12CCN(Cc1cc(OC)c3c(c1)OCO3)CC2. The second-order valence-electron chi connectivity index (χ2n) is 9.29. The van der Waals surface area contributed by atoms with E-state index in [1.807, 2.05) is 37.4 Å². The monoisotopic (exact) mass is 480 g/mol. The number of carbonyl (C=O) groups is 2. The number of aromatic nitrogens is 1. The number of imide groups is 1. The second kappa shape index (κ2) is 9.73. The average molecular weight is 481 g/mol. The summed E-state index contributed by atoms with van der Waals surface area (Å²) in [6.45, 7) is 5.30. The number of methoxy groups -OCH3 is 1. The van der Waals surface area contributed by atoms with Crippen molar-refractivity contribution >= 4 is 11.9 Å². The summed E-state index contributed by atoms with van der Waals surface area (Å²) in [4.78, 5) is 36.5. The molecule has 2 fully saturated rings. The number of urea groups is 1. The number of likely N-dealkylation sites (tertiary alicyclic amines) is 1. The van der Waals surface area contributed by atoms with Crippen LogP contribution >= 0.6 is 0 Å². The maximum Gasteiger partial charge on any atom is 0.327 e. The van der Waals surface area contributed by atoms with Crippen molar-refractivity contribution in [1.29, 1.82) is 0 Å². The first-order chi connectivity index (χ1) is 17.1. The van der Waals surface area contributed by atoms with Gasteiger partial charge in [-0.05, 0) is 61.9 Å². The molecule has 3 aliphatic rings. The van der Waals surface area contributed by atoms with E-state index in [1.54, 1.807) is 18.2 Å². The Morgan fingerprint density at radius 1 is 1.14 bits per heavy atom. The first-order valence-corrected chi connectivity index (χ1v) is 12.3. The molecule has 3 amide bonds. The number of aryl methyl sites for hydroxylation is 1. The highest BCUT2D eigenvalue weighted by Crippen LogP contribution is 2.43. The maximum atomic E-state index is 13.6. The zero-order valence-corrected chi connectivity index (χ0v) is 20.4. The molecule has 2 saturated heterocycles. The highest BCUT2D eigenvalue weighted by Gasteiger charge is 2.57. The van der Waals surface area contributed by atoms with Gasteiger partial charge in [-0.2, -0.15) is 0 Å². The molecule has 2 aromatic rings. The molecule has 1 spiro atoms. The standard InChI is InChI=1S/C26H32N4O5/c1-3-30-25(32)29(11-5-7-19-6-4-10-27-16-19)24(31)26(30)8-12-28(13-9-26)17-20-14-21(33-2)23-22(15-20)34-18-35-23/h4,6,10,14-16H,3,5,7-9,11-13,17-18H2,1-2H3. The summed E-state index contributed by atoms with van der Waals surface area (Å²) in [5.41, 5.74) is 1.45. The number of amides is 3. The van der Waals surface area contributed by atoms with Gasteiger partial charge in [-0.15, -0.1) is 0 Å². The Morgan fingerprint density at radius 2 is 1.97 bits per heavy atom. The molecule has 0 N–H and O–H groups in total. The van der Waals surface area contributed by atoms with Gasteiger partial charge in [-0.25, -0.2) is 4.79 Å². The Balaban J connectivity index is 1.23. The molecule has 0 radical (unpaired) electrons. The van der Waals surface area contributed by atoms with Crippen molar-refractivity contribution in [3.8, 4) is 17.2 Å². The largest absolute Gasteiger partial charge is 0.493 e. The number of pyridine rings is 1. The third-order valence-corrected chi connectivity index (χ3v) is 7.32. The van der Waals surface area contributed by atoms with Gasteiger partial charge in [-0.3, -0.25) is 19.6 Å². The van der Waals surface area contributed by atoms with E-state index < -0.39 is 5.54 Å². The Bertz CT molecular complexity index is 1080. The lowest BCUT2D eigenvalue weighted by atomic mass is 9.85. The van der Waals surface area contributed by atoms with Gasteiger partial charge in [0.15, 0.2) is 11.5 Å². The molecular weight excluding hydrogens is 448 g/mol. The van der Waals surface area contributed by atoms with Crippen molar-refractivity contribution in [2.45, 2.75) is 44.7 Å². The van der Waals surface area contributed by atoms with Crippen LogP contribution in [0.25, 0.3) is 0 Å². The number of carbonyl (C=O) groups excluding carboxylic acids is 2. The fourth-order valence-electron chi connectivity index (χ4n) is 5.50. The molecule has 186 valence electrons. The molecule has 0 saturated carbocycles. The molecule has 4 heterocycles. The second-order valence-corrected chi connectivity index (χ2v) is 9.29. The van der Waals surface area contributed by atoms with E-state index in [-0.39, 0.29) is 18.7 Å². The van der Waals surface area contributed by atoms with Crippen LogP contribution in [0.5, 0.6) is 17.2 Å². The predicted molar refractivity (Wildman–Crippen MR) is 128 cm³/mol. The lowest BCUT2D eigenvalue weighted by Crippen LogP contribution is -2.56. The molecule has 1 aromatic heterocycles. The summed E-state index contributed by atoms with van der Waals surface area (Å²) >= 11 is 0. The summed E-state index contributed by atoms with van der Waals surface area (Å²) < 4.78 is 16.5. The lowest BCUT2D eigenvalue weighted by molar-refractivity contribution is -0.135. The van der Waals surface area contributed by atoms with Crippen LogP contribution in [0.3, 0.4) is 0 Å². The van der Waals surface area contributed by atoms with Crippen molar-refractivity contribution in [2.24, 2.45) is 0 Å².